The Morgan fingerprint density at radius 1 is 0.797 bits per heavy atom. The van der Waals surface area contributed by atoms with E-state index in [0.29, 0.717) is 52.8 Å². The van der Waals surface area contributed by atoms with Gasteiger partial charge in [-0.2, -0.15) is 0 Å². The van der Waals surface area contributed by atoms with E-state index in [1.54, 1.807) is 80.7 Å². The zero-order valence-corrected chi connectivity index (χ0v) is 72.4. The third kappa shape index (κ3) is 23.9. The molecule has 4 bridgehead atoms. The number of aromatic amines is 1. The number of alkyl carbamates (subject to hydrolysis) is 1. The first-order valence-corrected chi connectivity index (χ1v) is 42.7. The van der Waals surface area contributed by atoms with Gasteiger partial charge in [-0.1, -0.05) is 103 Å². The number of aliphatic hydroxyl groups is 3. The number of nitrogens with one attached hydrogen (secondary N) is 8. The molecule has 4 fully saturated rings. The summed E-state index contributed by atoms with van der Waals surface area (Å²) >= 11 is 7.95. The number of para-hydroxylation sites is 1. The highest BCUT2D eigenvalue weighted by atomic mass is 35.5. The lowest BCUT2D eigenvalue weighted by atomic mass is 9.83. The number of epoxide rings is 1. The minimum Gasteiger partial charge on any atom is -0.508 e. The fourth-order valence-electron chi connectivity index (χ4n) is 15.8. The lowest BCUT2D eigenvalue weighted by molar-refractivity contribution is -0.162. The third-order valence-electron chi connectivity index (χ3n) is 23.6. The number of likely N-dealkylation sites (tertiary alicyclic amines) is 1. The summed E-state index contributed by atoms with van der Waals surface area (Å²) in [7, 11) is 7.06. The number of nitrogens with two attached hydrogens (primary N) is 1. The standard InChI is InChI=1S/C87H114ClN13O21S/c1-49-20-18-26-69(119-10)86(116)46-67(120-84(115)97-86)50(2)76-85(5,122-76)70(45-73(106)99(7)65-41-55(38-49)42-66(118-9)75(65)88)121-83(114)51(3)98(6)72(105)33-37-123-68-44-74(107)101(82(68)113)36-19-35-90-71(104)32-31-64-80(111)95-61(39-54-27-29-57(103)30-28-54)77(108)94-62(43-56-47-91-59-24-15-14-23-58(56)59)78(109)93-60(25-16-17-34-89)79(110)96-87(117,52(4)102)48-92-63(81(112)100(64)8)40-53-21-12-11-13-22-53/h11-15,18,20-24,26-30,41-42,47,50-52,60-64,67-70,76,91-92,102-103,116-117H,16-17,19,25,31-40,43-46,48,89H2,1-10H3,(H,90,104)(H,93,109)(H,94,108)(H,95,111)(H,96,110)(H,97,115)/b26-18+,49-20+/t50-,51+,52-,60+,61+,62-,63+,64+,67+,68?,69-,70+,76+,85+,86+,87?/m1/s1. The number of imide groups is 1. The number of carbonyl (C=O) groups is 12. The molecule has 0 aliphatic carbocycles. The molecule has 4 aromatic carbocycles. The number of phenols is 1. The maximum Gasteiger partial charge on any atom is 0.409 e. The number of methoxy groups -OCH3 is 2. The van der Waals surface area contributed by atoms with Crippen LogP contribution in [-0.2, 0) is 97.4 Å². The highest BCUT2D eigenvalue weighted by Gasteiger charge is 2.65. The van der Waals surface area contributed by atoms with Gasteiger partial charge in [0.05, 0.1) is 42.7 Å². The molecule has 4 saturated heterocycles. The minimum absolute atomic E-state index is 0.00142. The molecule has 5 aliphatic heterocycles. The highest BCUT2D eigenvalue weighted by Crippen LogP contribution is 2.49. The van der Waals surface area contributed by atoms with Gasteiger partial charge in [-0.25, -0.2) is 9.59 Å². The SMILES string of the molecule is COc1cc2cc(c1Cl)N(C)C(=O)C[C@H](OC(=O)[C@H](C)N(C)C(=O)CCSC1CC(=O)N(CCCNC(=O)CC[C@H]3C(=O)N[C@@H](Cc4ccc(O)cc4)C(=O)N[C@H](Cc4c[nH]c5ccccc45)C(=O)N[C@@H](CCCCN)C(=O)NC(O)([C@@H](C)O)CN[C@@H](Cc4ccccc4)C(=O)N3C)C1=O)[C@]1(C)O[C@H]1[C@H](C)[C@@H]1C[C@@](O)(NC(=O)O1)[C@H](OC)/C=C/C=C(\C)C2. The van der Waals surface area contributed by atoms with Gasteiger partial charge in [0, 0.05) is 115 Å². The molecule has 6 heterocycles. The molecule has 14 N–H and O–H groups in total. The van der Waals surface area contributed by atoms with Crippen molar-refractivity contribution in [1.29, 1.82) is 0 Å². The zero-order chi connectivity index (χ0) is 89.4. The molecule has 0 saturated carbocycles. The van der Waals surface area contributed by atoms with Gasteiger partial charge in [-0.05, 0) is 132 Å². The number of halogens is 1. The predicted molar refractivity (Wildman–Crippen MR) is 456 cm³/mol. The van der Waals surface area contributed by atoms with Crippen molar-refractivity contribution in [2.24, 2.45) is 11.7 Å². The Morgan fingerprint density at radius 3 is 2.17 bits per heavy atom. The average Bonchev–Trinajstić information content (AvgIpc) is 1.59. The lowest BCUT2D eigenvalue weighted by Crippen LogP contribution is -2.67. The fourth-order valence-corrected chi connectivity index (χ4v) is 17.2. The number of rotatable bonds is 27. The number of unbranched alkanes of at least 4 members (excludes halogenated alkanes) is 1. The molecule has 2 unspecified atom stereocenters. The van der Waals surface area contributed by atoms with Crippen LogP contribution in [0.4, 0.5) is 10.5 Å². The van der Waals surface area contributed by atoms with Crippen LogP contribution in [0.5, 0.6) is 11.5 Å². The first kappa shape index (κ1) is 94.7. The van der Waals surface area contributed by atoms with Crippen LogP contribution >= 0.6 is 23.4 Å². The Balaban J connectivity index is 0.792. The number of aromatic nitrogens is 1. The molecule has 36 heteroatoms. The van der Waals surface area contributed by atoms with Crippen LogP contribution in [-0.4, -0.2) is 268 Å². The molecule has 123 heavy (non-hydrogen) atoms. The second kappa shape index (κ2) is 42.3. The van der Waals surface area contributed by atoms with Gasteiger partial charge < -0.3 is 101 Å². The Bertz CT molecular complexity index is 4730. The number of ether oxygens (including phenoxy) is 5. The molecule has 10 rings (SSSR count). The summed E-state index contributed by atoms with van der Waals surface area (Å²) in [6.07, 6.45) is -1.02. The molecular formula is C87H114ClN13O21S. The van der Waals surface area contributed by atoms with Crippen molar-refractivity contribution in [2.45, 2.75) is 214 Å². The van der Waals surface area contributed by atoms with Gasteiger partial charge in [0.2, 0.25) is 59.1 Å². The van der Waals surface area contributed by atoms with Crippen LogP contribution in [0.25, 0.3) is 10.9 Å². The molecule has 11 amide bonds. The average molecular weight is 1750 g/mol. The van der Waals surface area contributed by atoms with Gasteiger partial charge >= 0.3 is 12.1 Å². The van der Waals surface area contributed by atoms with Crippen molar-refractivity contribution in [3.8, 4) is 11.5 Å². The number of likely N-dealkylation sites (N-methyl/N-ethyl adjacent to an activating group) is 2. The lowest BCUT2D eigenvalue weighted by Gasteiger charge is -2.42. The number of anilines is 1. The normalized spacial score (nSPS) is 27.7. The van der Waals surface area contributed by atoms with Gasteiger partial charge in [0.25, 0.3) is 0 Å². The summed E-state index contributed by atoms with van der Waals surface area (Å²) in [6, 6.07) is 16.8. The Hall–Kier alpha value is -10.5. The number of aliphatic hydroxyl groups excluding tert-OH is 1. The number of thioether (sulfide) groups is 1. The van der Waals surface area contributed by atoms with Gasteiger partial charge in [0.1, 0.15) is 70.6 Å². The topological polar surface area (TPSA) is 474 Å². The van der Waals surface area contributed by atoms with E-state index in [1.165, 1.54) is 78.4 Å². The number of aromatic hydroxyl groups is 1. The van der Waals surface area contributed by atoms with Crippen molar-refractivity contribution in [3.05, 3.63) is 148 Å². The van der Waals surface area contributed by atoms with E-state index in [0.717, 1.165) is 43.1 Å². The van der Waals surface area contributed by atoms with Crippen LogP contribution in [0.2, 0.25) is 5.02 Å². The van der Waals surface area contributed by atoms with Crippen LogP contribution in [0.15, 0.2) is 121 Å². The number of allylic oxidation sites excluding steroid dienone is 3. The second-order valence-corrected chi connectivity index (χ2v) is 34.1. The van der Waals surface area contributed by atoms with Crippen molar-refractivity contribution in [1.82, 2.24) is 56.9 Å². The number of phenolic OH excluding ortho intramolecular Hbond substituents is 1. The third-order valence-corrected chi connectivity index (χ3v) is 25.1. The predicted octanol–water partition coefficient (Wildman–Crippen LogP) is 3.53. The molecule has 5 aromatic rings. The summed E-state index contributed by atoms with van der Waals surface area (Å²) < 4.78 is 29.7. The molecular weight excluding hydrogens is 1630 g/mol. The van der Waals surface area contributed by atoms with Gasteiger partial charge in [-0.3, -0.25) is 58.2 Å². The van der Waals surface area contributed by atoms with Crippen LogP contribution in [0.1, 0.15) is 121 Å². The number of carbonyl (C=O) groups excluding carboxylic acids is 12. The number of nitrogens with zero attached hydrogens (tertiary/aromatic N) is 4. The number of hydrogen-bond donors (Lipinski definition) is 13. The summed E-state index contributed by atoms with van der Waals surface area (Å²) in [4.78, 5) is 181. The molecule has 0 spiro atoms. The number of hydrogen-bond acceptors (Lipinski definition) is 24. The first-order valence-electron chi connectivity index (χ1n) is 41.3. The van der Waals surface area contributed by atoms with Gasteiger partial charge in [0.15, 0.2) is 11.4 Å². The zero-order valence-electron chi connectivity index (χ0n) is 70.8. The molecule has 16 atom stereocenters. The van der Waals surface area contributed by atoms with Gasteiger partial charge in [-0.15, -0.1) is 11.8 Å². The Morgan fingerprint density at radius 2 is 1.47 bits per heavy atom. The molecule has 666 valence electrons. The van der Waals surface area contributed by atoms with E-state index in [4.69, 9.17) is 41.0 Å². The quantitative estimate of drug-likeness (QED) is 0.0155. The van der Waals surface area contributed by atoms with E-state index >= 15 is 14.4 Å². The summed E-state index contributed by atoms with van der Waals surface area (Å²) in [5, 5.41) is 65.0. The number of fused-ring (bicyclic) bond motifs is 6. The monoisotopic (exact) mass is 1740 g/mol. The maximum absolute atomic E-state index is 15.3. The van der Waals surface area contributed by atoms with E-state index in [-0.39, 0.29) is 93.9 Å². The number of H-pyrrole nitrogens is 1. The first-order chi connectivity index (χ1) is 58.5. The number of esters is 1. The van der Waals surface area contributed by atoms with Crippen molar-refractivity contribution in [3.63, 3.8) is 0 Å². The molecule has 1 aromatic heterocycles. The number of benzene rings is 4. The fraction of sp³-hybridized carbons (Fsp3) is 0.517. The van der Waals surface area contributed by atoms with E-state index in [2.05, 4.69) is 42.2 Å². The van der Waals surface area contributed by atoms with Crippen LogP contribution in [0, 0.1) is 5.92 Å². The smallest absolute Gasteiger partial charge is 0.409 e. The second-order valence-electron chi connectivity index (χ2n) is 32.4. The number of amides is 11. The summed E-state index contributed by atoms with van der Waals surface area (Å²) in [5.41, 5.74) is 4.28. The summed E-state index contributed by atoms with van der Waals surface area (Å²) in [6.45, 7) is 7.31. The highest BCUT2D eigenvalue weighted by molar-refractivity contribution is 8.00. The molecule has 5 aliphatic rings. The van der Waals surface area contributed by atoms with E-state index < -0.39 is 186 Å². The summed E-state index contributed by atoms with van der Waals surface area (Å²) in [5.74, 6) is -8.32. The largest absolute Gasteiger partial charge is 0.508 e. The van der Waals surface area contributed by atoms with E-state index in [9.17, 15) is 63.6 Å². The van der Waals surface area contributed by atoms with Crippen LogP contribution in [0.3, 0.4) is 0 Å². The van der Waals surface area contributed by atoms with E-state index in [1.807, 2.05) is 31.2 Å². The number of β-amino-alcohol motifs (C(OH)–C–C–N with tert-alkyl or cyclic N) is 1. The Kier molecular flexibility index (Phi) is 32.5. The Labute approximate surface area is 723 Å². The maximum atomic E-state index is 15.3. The van der Waals surface area contributed by atoms with Crippen LogP contribution < -0.4 is 52.6 Å². The van der Waals surface area contributed by atoms with Crippen molar-refractivity contribution in [2.75, 3.05) is 72.2 Å². The van der Waals surface area contributed by atoms with Crippen molar-refractivity contribution < 1.29 is 102 Å². The van der Waals surface area contributed by atoms with Crippen molar-refractivity contribution >= 4 is 111 Å². The minimum atomic E-state index is -2.51. The molecule has 0 radical (unpaired) electrons. The molecule has 34 nitrogen and oxygen atoms in total.